The van der Waals surface area contributed by atoms with E-state index < -0.39 is 0 Å². The maximum absolute atomic E-state index is 12.0. The Hall–Kier alpha value is -4.39. The molecule has 0 aliphatic carbocycles. The number of rotatable bonds is 3. The summed E-state index contributed by atoms with van der Waals surface area (Å²) in [5, 5.41) is 5.35. The monoisotopic (exact) mass is 454 g/mol. The van der Waals surface area contributed by atoms with E-state index in [0.717, 1.165) is 42.6 Å². The molecule has 10 heteroatoms. The van der Waals surface area contributed by atoms with Crippen LogP contribution in [0.2, 0.25) is 0 Å². The molecular weight excluding hydrogens is 432 g/mol. The number of carbonyl (C=O) groups is 1. The quantitative estimate of drug-likeness (QED) is 0.369. The minimum Gasteiger partial charge on any atom is -0.423 e. The minimum atomic E-state index is -0.0892. The molecule has 5 heterocycles. The van der Waals surface area contributed by atoms with E-state index in [-0.39, 0.29) is 11.9 Å². The molecular formula is C24H22N8O2. The van der Waals surface area contributed by atoms with E-state index in [0.29, 0.717) is 41.6 Å². The van der Waals surface area contributed by atoms with Gasteiger partial charge in [0.25, 0.3) is 6.01 Å². The van der Waals surface area contributed by atoms with Gasteiger partial charge in [0.2, 0.25) is 5.91 Å². The van der Waals surface area contributed by atoms with Gasteiger partial charge in [0.15, 0.2) is 11.2 Å². The van der Waals surface area contributed by atoms with E-state index >= 15 is 0 Å². The van der Waals surface area contributed by atoms with Crippen LogP contribution < -0.4 is 10.6 Å². The molecule has 0 radical (unpaired) electrons. The Kier molecular flexibility index (Phi) is 4.69. The highest BCUT2D eigenvalue weighted by molar-refractivity contribution is 5.91. The third kappa shape index (κ3) is 3.33. The normalized spacial score (nSPS) is 17.6. The van der Waals surface area contributed by atoms with Crippen molar-refractivity contribution in [2.45, 2.75) is 18.9 Å². The number of anilines is 2. The Labute approximate surface area is 195 Å². The summed E-state index contributed by atoms with van der Waals surface area (Å²) < 4.78 is 7.65. The molecule has 170 valence electrons. The van der Waals surface area contributed by atoms with Crippen molar-refractivity contribution in [3.63, 3.8) is 0 Å². The molecule has 2 saturated heterocycles. The average Bonchev–Trinajstić information content (AvgIpc) is 3.52. The van der Waals surface area contributed by atoms with Gasteiger partial charge in [-0.2, -0.15) is 10.1 Å². The molecule has 2 aliphatic heterocycles. The molecule has 3 aromatic heterocycles. The number of nitrogens with two attached hydrogens (primary N) is 1. The Morgan fingerprint density at radius 1 is 1.24 bits per heavy atom. The first-order chi connectivity index (χ1) is 16.6. The lowest BCUT2D eigenvalue weighted by molar-refractivity contribution is -0.125. The van der Waals surface area contributed by atoms with Crippen LogP contribution in [0, 0.1) is 11.8 Å². The van der Waals surface area contributed by atoms with Gasteiger partial charge in [-0.3, -0.25) is 4.79 Å². The third-order valence-corrected chi connectivity index (χ3v) is 6.34. The van der Waals surface area contributed by atoms with Crippen molar-refractivity contribution >= 4 is 39.9 Å². The molecule has 6 rings (SSSR count). The second-order valence-electron chi connectivity index (χ2n) is 8.45. The number of carbonyl (C=O) groups excluding carboxylic acids is 1. The second kappa shape index (κ2) is 7.88. The Balaban J connectivity index is 1.35. The standard InChI is InChI=1S/C24H22N8O2/c1-2-20(33)31-11-8-16(13-31)32-23-21(22(25)26-14-27-23)17(29-32)6-4-15-5-7-19-18(12-15)28-24(34-19)30-9-3-10-30/h2,5,7,12,14,16H,1,3,8-11,13H2,(H2,25,26,27). The summed E-state index contributed by atoms with van der Waals surface area (Å²) >= 11 is 0. The fourth-order valence-electron chi connectivity index (χ4n) is 4.38. The van der Waals surface area contributed by atoms with Crippen molar-refractivity contribution in [2.75, 3.05) is 36.8 Å². The summed E-state index contributed by atoms with van der Waals surface area (Å²) in [6.45, 7) is 6.68. The van der Waals surface area contributed by atoms with Crippen molar-refractivity contribution in [3.8, 4) is 11.8 Å². The van der Waals surface area contributed by atoms with E-state index in [2.05, 4.69) is 38.3 Å². The van der Waals surface area contributed by atoms with Gasteiger partial charge in [0.05, 0.1) is 11.4 Å². The Morgan fingerprint density at radius 2 is 2.12 bits per heavy atom. The molecule has 4 aromatic rings. The van der Waals surface area contributed by atoms with Crippen molar-refractivity contribution in [3.05, 3.63) is 48.4 Å². The number of nitrogen functional groups attached to an aromatic ring is 1. The molecule has 0 saturated carbocycles. The van der Waals surface area contributed by atoms with Crippen LogP contribution in [-0.2, 0) is 4.79 Å². The number of oxazole rings is 1. The molecule has 34 heavy (non-hydrogen) atoms. The van der Waals surface area contributed by atoms with Gasteiger partial charge in [-0.25, -0.2) is 14.6 Å². The van der Waals surface area contributed by atoms with Crippen molar-refractivity contribution in [1.29, 1.82) is 0 Å². The zero-order chi connectivity index (χ0) is 23.2. The number of nitrogens with zero attached hydrogens (tertiary/aromatic N) is 7. The van der Waals surface area contributed by atoms with Crippen LogP contribution in [0.5, 0.6) is 0 Å². The van der Waals surface area contributed by atoms with Gasteiger partial charge in [-0.15, -0.1) is 0 Å². The van der Waals surface area contributed by atoms with Gasteiger partial charge < -0.3 is 20.0 Å². The number of benzene rings is 1. The van der Waals surface area contributed by atoms with Crippen molar-refractivity contribution in [1.82, 2.24) is 29.6 Å². The predicted octanol–water partition coefficient (Wildman–Crippen LogP) is 2.12. The van der Waals surface area contributed by atoms with Crippen LogP contribution in [0.15, 0.2) is 41.6 Å². The Morgan fingerprint density at radius 3 is 2.91 bits per heavy atom. The lowest BCUT2D eigenvalue weighted by Gasteiger charge is -2.28. The third-order valence-electron chi connectivity index (χ3n) is 6.34. The largest absolute Gasteiger partial charge is 0.423 e. The number of likely N-dealkylation sites (tertiary alicyclic amines) is 1. The summed E-state index contributed by atoms with van der Waals surface area (Å²) in [6.07, 6.45) is 4.67. The average molecular weight is 454 g/mol. The number of hydrogen-bond acceptors (Lipinski definition) is 8. The van der Waals surface area contributed by atoms with E-state index in [4.69, 9.17) is 15.2 Å². The fraction of sp³-hybridized carbons (Fsp3) is 0.292. The van der Waals surface area contributed by atoms with E-state index in [1.54, 1.807) is 4.90 Å². The van der Waals surface area contributed by atoms with Crippen LogP contribution in [0.3, 0.4) is 0 Å². The molecule has 1 aromatic carbocycles. The lowest BCUT2D eigenvalue weighted by atomic mass is 10.2. The predicted molar refractivity (Wildman–Crippen MR) is 127 cm³/mol. The van der Waals surface area contributed by atoms with E-state index in [1.807, 2.05) is 22.9 Å². The van der Waals surface area contributed by atoms with Gasteiger partial charge in [0.1, 0.15) is 23.4 Å². The molecule has 1 amide bonds. The highest BCUT2D eigenvalue weighted by Crippen LogP contribution is 2.29. The van der Waals surface area contributed by atoms with Crippen molar-refractivity contribution < 1.29 is 9.21 Å². The first-order valence-corrected chi connectivity index (χ1v) is 11.2. The van der Waals surface area contributed by atoms with Crippen LogP contribution in [0.4, 0.5) is 11.8 Å². The molecule has 1 unspecified atom stereocenters. The number of amides is 1. The van der Waals surface area contributed by atoms with Gasteiger partial charge in [-0.1, -0.05) is 12.5 Å². The summed E-state index contributed by atoms with van der Waals surface area (Å²) in [5.74, 6) is 6.55. The maximum Gasteiger partial charge on any atom is 0.298 e. The summed E-state index contributed by atoms with van der Waals surface area (Å²) in [5.41, 5.74) is 9.59. The molecule has 2 N–H and O–H groups in total. The molecule has 0 bridgehead atoms. The maximum atomic E-state index is 12.0. The van der Waals surface area contributed by atoms with Crippen LogP contribution in [0.1, 0.15) is 30.1 Å². The van der Waals surface area contributed by atoms with Crippen LogP contribution in [0.25, 0.3) is 22.1 Å². The number of fused-ring (bicyclic) bond motifs is 2. The summed E-state index contributed by atoms with van der Waals surface area (Å²) in [6, 6.07) is 6.32. The molecule has 0 spiro atoms. The smallest absolute Gasteiger partial charge is 0.298 e. The Bertz CT molecular complexity index is 1500. The molecule has 10 nitrogen and oxygen atoms in total. The molecule has 2 fully saturated rings. The van der Waals surface area contributed by atoms with Crippen LogP contribution >= 0.6 is 0 Å². The fourth-order valence-corrected chi connectivity index (χ4v) is 4.38. The highest BCUT2D eigenvalue weighted by Gasteiger charge is 2.29. The first-order valence-electron chi connectivity index (χ1n) is 11.2. The minimum absolute atomic E-state index is 0.0253. The lowest BCUT2D eigenvalue weighted by Crippen LogP contribution is -2.37. The van der Waals surface area contributed by atoms with Gasteiger partial charge in [-0.05, 0) is 43.0 Å². The van der Waals surface area contributed by atoms with Crippen LogP contribution in [-0.4, -0.2) is 61.7 Å². The zero-order valence-corrected chi connectivity index (χ0v) is 18.4. The topological polar surface area (TPSA) is 119 Å². The highest BCUT2D eigenvalue weighted by atomic mass is 16.4. The van der Waals surface area contributed by atoms with E-state index in [1.165, 1.54) is 12.4 Å². The first kappa shape index (κ1) is 20.2. The van der Waals surface area contributed by atoms with Gasteiger partial charge in [0, 0.05) is 31.7 Å². The number of hydrogen-bond donors (Lipinski definition) is 1. The summed E-state index contributed by atoms with van der Waals surface area (Å²) in [7, 11) is 0. The second-order valence-corrected chi connectivity index (χ2v) is 8.45. The van der Waals surface area contributed by atoms with Gasteiger partial charge >= 0.3 is 0 Å². The molecule has 2 aliphatic rings. The van der Waals surface area contributed by atoms with Crippen molar-refractivity contribution in [2.24, 2.45) is 0 Å². The molecule has 1 atom stereocenters. The zero-order valence-electron chi connectivity index (χ0n) is 18.4. The number of aromatic nitrogens is 5. The summed E-state index contributed by atoms with van der Waals surface area (Å²) in [4.78, 5) is 29.0. The SMILES string of the molecule is C=CC(=O)N1CCC(n2nc(C#Cc3ccc4oc(N5CCC5)nc4c3)c3c(N)ncnc32)C1. The van der Waals surface area contributed by atoms with E-state index in [9.17, 15) is 4.79 Å².